The minimum absolute atomic E-state index is 0.00531. The van der Waals surface area contributed by atoms with Gasteiger partial charge in [-0.25, -0.2) is 9.78 Å². The van der Waals surface area contributed by atoms with Gasteiger partial charge >= 0.3 is 5.97 Å². The van der Waals surface area contributed by atoms with Crippen molar-refractivity contribution in [1.82, 2.24) is 10.8 Å². The molecule has 0 aliphatic heterocycles. The van der Waals surface area contributed by atoms with E-state index < -0.39 is 23.9 Å². The molecule has 6 unspecified atom stereocenters. The molecule has 0 radical (unpaired) electrons. The number of carbonyl (C=O) groups is 2. The molecule has 0 spiro atoms. The number of hydrogen-bond donors (Lipinski definition) is 6. The second kappa shape index (κ2) is 19.1. The van der Waals surface area contributed by atoms with E-state index in [1.165, 1.54) is 0 Å². The molecule has 14 nitrogen and oxygen atoms in total. The van der Waals surface area contributed by atoms with Gasteiger partial charge in [0.1, 0.15) is 0 Å². The highest BCUT2D eigenvalue weighted by atomic mass is 17.3. The standard InChI is InChI=1S/C33H59N3O11/c1-33(2,20-43-27-11-6-24(7-12-27)36-44-17-21-3-8-25(37)15-22(21)18-45-41)19-42-26-9-4-23(5-10-26)35-31(38)30-16-28(46-47-34)13-14-29(30)32(39)40/h21-30,36-37,41H,3-20,34H2,1-2H3,(H,35,38)(H,39,40). The van der Waals surface area contributed by atoms with Gasteiger partial charge in [-0.05, 0) is 102 Å². The molecule has 0 saturated heterocycles. The SMILES string of the molecule is CC(C)(COC1CCC(NOCC2CCC(O)CC2COO)CC1)COC1CCC(NC(=O)C2CC(OON)CCC2C(=O)O)CC1. The van der Waals surface area contributed by atoms with Crippen LogP contribution < -0.4 is 16.7 Å². The molecule has 6 atom stereocenters. The number of aliphatic carboxylic acids is 1. The molecule has 272 valence electrons. The van der Waals surface area contributed by atoms with E-state index in [1.54, 1.807) is 0 Å². The molecule has 4 rings (SSSR count). The number of aliphatic hydroxyl groups is 1. The molecule has 7 N–H and O–H groups in total. The smallest absolute Gasteiger partial charge is 0.307 e. The Labute approximate surface area is 278 Å². The number of nitrogens with two attached hydrogens (primary N) is 1. The predicted octanol–water partition coefficient (Wildman–Crippen LogP) is 3.26. The van der Waals surface area contributed by atoms with Crippen LogP contribution in [-0.4, -0.2) is 90.3 Å². The molecular formula is C33H59N3O11. The van der Waals surface area contributed by atoms with Crippen molar-refractivity contribution >= 4 is 11.9 Å². The molecule has 0 aromatic rings. The van der Waals surface area contributed by atoms with Crippen LogP contribution in [-0.2, 0) is 38.7 Å². The van der Waals surface area contributed by atoms with Crippen molar-refractivity contribution in [3.63, 3.8) is 0 Å². The summed E-state index contributed by atoms with van der Waals surface area (Å²) < 4.78 is 12.6. The van der Waals surface area contributed by atoms with Crippen molar-refractivity contribution in [2.75, 3.05) is 26.4 Å². The first kappa shape index (κ1) is 38.3. The Morgan fingerprint density at radius 2 is 1.38 bits per heavy atom. The van der Waals surface area contributed by atoms with Crippen LogP contribution in [0.1, 0.15) is 104 Å². The topological polar surface area (TPSA) is 200 Å². The number of aliphatic hydroxyl groups excluding tert-OH is 1. The zero-order chi connectivity index (χ0) is 33.8. The van der Waals surface area contributed by atoms with E-state index >= 15 is 0 Å². The number of hydroxylamine groups is 1. The highest BCUT2D eigenvalue weighted by Crippen LogP contribution is 2.34. The van der Waals surface area contributed by atoms with E-state index in [4.69, 9.17) is 30.4 Å². The average Bonchev–Trinajstić information content (AvgIpc) is 3.05. The molecule has 0 aromatic carbocycles. The fourth-order valence-corrected chi connectivity index (χ4v) is 7.74. The second-order valence-electron chi connectivity index (χ2n) is 15.1. The minimum atomic E-state index is -0.964. The first-order valence-electron chi connectivity index (χ1n) is 17.7. The summed E-state index contributed by atoms with van der Waals surface area (Å²) in [6, 6.07) is 0.278. The van der Waals surface area contributed by atoms with Gasteiger partial charge in [0.25, 0.3) is 0 Å². The number of amides is 1. The van der Waals surface area contributed by atoms with Crippen LogP contribution in [0, 0.1) is 29.1 Å². The Morgan fingerprint density at radius 1 is 0.766 bits per heavy atom. The molecule has 47 heavy (non-hydrogen) atoms. The normalized spacial score (nSPS) is 35.3. The van der Waals surface area contributed by atoms with Crippen molar-refractivity contribution in [2.45, 2.75) is 140 Å². The highest BCUT2D eigenvalue weighted by Gasteiger charge is 2.41. The lowest BCUT2D eigenvalue weighted by Gasteiger charge is -2.36. The maximum Gasteiger partial charge on any atom is 0.307 e. The van der Waals surface area contributed by atoms with E-state index in [-0.39, 0.29) is 66.6 Å². The lowest BCUT2D eigenvalue weighted by molar-refractivity contribution is -0.335. The molecular weight excluding hydrogens is 614 g/mol. The summed E-state index contributed by atoms with van der Waals surface area (Å²) in [4.78, 5) is 44.3. The van der Waals surface area contributed by atoms with Crippen molar-refractivity contribution in [3.8, 4) is 0 Å². The van der Waals surface area contributed by atoms with Crippen LogP contribution in [0.15, 0.2) is 0 Å². The molecule has 4 aliphatic rings. The third-order valence-corrected chi connectivity index (χ3v) is 10.7. The lowest BCUT2D eigenvalue weighted by atomic mass is 9.77. The summed E-state index contributed by atoms with van der Waals surface area (Å²) in [6.07, 6.45) is 10.0. The summed E-state index contributed by atoms with van der Waals surface area (Å²) in [5, 5.41) is 31.5. The zero-order valence-corrected chi connectivity index (χ0v) is 28.2. The second-order valence-corrected chi connectivity index (χ2v) is 15.1. The van der Waals surface area contributed by atoms with Crippen LogP contribution in [0.2, 0.25) is 0 Å². The molecule has 0 aromatic heterocycles. The van der Waals surface area contributed by atoms with Gasteiger partial charge < -0.3 is 29.8 Å². The van der Waals surface area contributed by atoms with Gasteiger partial charge in [-0.15, -0.1) is 4.99 Å². The quantitative estimate of drug-likeness (QED) is 0.0972. The molecule has 4 saturated carbocycles. The van der Waals surface area contributed by atoms with Crippen molar-refractivity contribution in [3.05, 3.63) is 0 Å². The largest absolute Gasteiger partial charge is 0.481 e. The average molecular weight is 674 g/mol. The van der Waals surface area contributed by atoms with E-state index in [1.807, 2.05) is 0 Å². The van der Waals surface area contributed by atoms with Crippen LogP contribution in [0.4, 0.5) is 0 Å². The van der Waals surface area contributed by atoms with E-state index in [0.717, 1.165) is 64.2 Å². The maximum absolute atomic E-state index is 13.1. The highest BCUT2D eigenvalue weighted by molar-refractivity contribution is 5.85. The fraction of sp³-hybridized carbons (Fsp3) is 0.939. The van der Waals surface area contributed by atoms with Gasteiger partial charge in [0.15, 0.2) is 0 Å². The van der Waals surface area contributed by atoms with E-state index in [2.05, 4.69) is 34.5 Å². The van der Waals surface area contributed by atoms with Crippen molar-refractivity contribution in [2.24, 2.45) is 35.0 Å². The summed E-state index contributed by atoms with van der Waals surface area (Å²) in [6.45, 7) is 6.29. The maximum atomic E-state index is 13.1. The van der Waals surface area contributed by atoms with Crippen molar-refractivity contribution < 1.29 is 54.1 Å². The van der Waals surface area contributed by atoms with Gasteiger partial charge in [-0.1, -0.05) is 13.8 Å². The molecule has 4 aliphatic carbocycles. The van der Waals surface area contributed by atoms with Crippen LogP contribution in [0.25, 0.3) is 0 Å². The van der Waals surface area contributed by atoms with Gasteiger partial charge in [0.2, 0.25) is 5.91 Å². The van der Waals surface area contributed by atoms with Crippen LogP contribution in [0.3, 0.4) is 0 Å². The number of nitrogens with one attached hydrogen (secondary N) is 2. The molecule has 0 heterocycles. The Balaban J connectivity index is 1.07. The number of rotatable bonds is 17. The van der Waals surface area contributed by atoms with Crippen LogP contribution in [0.5, 0.6) is 0 Å². The molecule has 4 fully saturated rings. The predicted molar refractivity (Wildman–Crippen MR) is 169 cm³/mol. The number of carboxylic acids is 1. The number of carboxylic acid groups (broad SMARTS) is 1. The number of hydrogen-bond acceptors (Lipinski definition) is 12. The monoisotopic (exact) mass is 673 g/mol. The van der Waals surface area contributed by atoms with Gasteiger partial charge in [0, 0.05) is 17.5 Å². The Kier molecular flexibility index (Phi) is 15.6. The molecule has 14 heteroatoms. The Hall–Kier alpha value is -1.46. The summed E-state index contributed by atoms with van der Waals surface area (Å²) in [7, 11) is 0. The van der Waals surface area contributed by atoms with Crippen molar-refractivity contribution in [1.29, 1.82) is 0 Å². The molecule has 1 amide bonds. The number of ether oxygens (including phenoxy) is 2. The Bertz CT molecular complexity index is 943. The fourth-order valence-electron chi connectivity index (χ4n) is 7.74. The summed E-state index contributed by atoms with van der Waals surface area (Å²) in [5.74, 6) is 2.72. The number of carbonyl (C=O) groups excluding carboxylic acids is 1. The van der Waals surface area contributed by atoms with Gasteiger partial charge in [-0.2, -0.15) is 11.4 Å². The molecule has 0 bridgehead atoms. The first-order chi connectivity index (χ1) is 22.6. The summed E-state index contributed by atoms with van der Waals surface area (Å²) >= 11 is 0. The van der Waals surface area contributed by atoms with Gasteiger partial charge in [0.05, 0.1) is 62.7 Å². The van der Waals surface area contributed by atoms with Crippen LogP contribution >= 0.6 is 0 Å². The lowest BCUT2D eigenvalue weighted by Crippen LogP contribution is -2.47. The zero-order valence-electron chi connectivity index (χ0n) is 28.2. The van der Waals surface area contributed by atoms with E-state index in [0.29, 0.717) is 39.1 Å². The third kappa shape index (κ3) is 12.4. The third-order valence-electron chi connectivity index (χ3n) is 10.7. The summed E-state index contributed by atoms with van der Waals surface area (Å²) in [5.41, 5.74) is 3.10. The van der Waals surface area contributed by atoms with E-state index in [9.17, 15) is 19.8 Å². The van der Waals surface area contributed by atoms with Gasteiger partial charge in [-0.3, -0.25) is 14.8 Å². The first-order valence-corrected chi connectivity index (χ1v) is 17.7. The Morgan fingerprint density at radius 3 is 1.98 bits per heavy atom. The minimum Gasteiger partial charge on any atom is -0.481 e.